The van der Waals surface area contributed by atoms with Crippen LogP contribution in [-0.4, -0.2) is 18.0 Å². The van der Waals surface area contributed by atoms with Gasteiger partial charge in [0.15, 0.2) is 5.75 Å². The molecule has 4 heteroatoms. The van der Waals surface area contributed by atoms with Crippen molar-refractivity contribution in [3.63, 3.8) is 0 Å². The minimum atomic E-state index is -0.102. The quantitative estimate of drug-likeness (QED) is 0.873. The number of carbonyl (C=O) groups is 1. The highest BCUT2D eigenvalue weighted by Crippen LogP contribution is 2.29. The van der Waals surface area contributed by atoms with E-state index < -0.39 is 0 Å². The second kappa shape index (κ2) is 7.29. The Morgan fingerprint density at radius 1 is 1.04 bits per heavy atom. The van der Waals surface area contributed by atoms with Crippen molar-refractivity contribution in [1.29, 1.82) is 0 Å². The Bertz CT molecular complexity index is 658. The molecule has 0 heterocycles. The molecule has 0 atom stereocenters. The molecule has 2 aromatic rings. The predicted molar refractivity (Wildman–Crippen MR) is 94.1 cm³/mol. The van der Waals surface area contributed by atoms with Crippen molar-refractivity contribution in [2.45, 2.75) is 33.2 Å². The second-order valence-electron chi connectivity index (χ2n) is 6.56. The molecule has 4 nitrogen and oxygen atoms in total. The van der Waals surface area contributed by atoms with Crippen LogP contribution >= 0.6 is 0 Å². The Hall–Kier alpha value is -2.33. The number of amides is 1. The van der Waals surface area contributed by atoms with Crippen LogP contribution in [0.15, 0.2) is 48.5 Å². The van der Waals surface area contributed by atoms with Crippen molar-refractivity contribution in [3.8, 4) is 11.5 Å². The third-order valence-corrected chi connectivity index (χ3v) is 3.19. The van der Waals surface area contributed by atoms with Crippen LogP contribution in [0.2, 0.25) is 0 Å². The fourth-order valence-electron chi connectivity index (χ4n) is 1.93. The predicted octanol–water partition coefficient (Wildman–Crippen LogP) is 4.11. The van der Waals surface area contributed by atoms with Gasteiger partial charge >= 0.3 is 0 Å². The first-order valence-corrected chi connectivity index (χ1v) is 7.72. The monoisotopic (exact) mass is 312 g/mol. The van der Waals surface area contributed by atoms with Crippen molar-refractivity contribution in [2.75, 3.05) is 11.9 Å². The number of para-hydroxylation sites is 2. The van der Waals surface area contributed by atoms with Gasteiger partial charge in [-0.3, -0.25) is 4.79 Å². The molecule has 122 valence electrons. The van der Waals surface area contributed by atoms with Gasteiger partial charge in [-0.05, 0) is 52.0 Å². The highest BCUT2D eigenvalue weighted by molar-refractivity contribution is 5.93. The minimum Gasteiger partial charge on any atom is -0.455 e. The van der Waals surface area contributed by atoms with Crippen LogP contribution in [-0.2, 0) is 4.79 Å². The molecule has 1 amide bonds. The summed E-state index contributed by atoms with van der Waals surface area (Å²) in [5.74, 6) is 1.27. The Kier molecular flexibility index (Phi) is 5.40. The Labute approximate surface area is 137 Å². The summed E-state index contributed by atoms with van der Waals surface area (Å²) in [6, 6.07) is 15.2. The number of hydrogen-bond acceptors (Lipinski definition) is 3. The standard InChI is InChI=1S/C19H24N2O2/c1-14-9-11-15(12-10-14)23-17-8-6-5-7-16(17)21-18(22)13-20-19(2,3)4/h5-12,20H,13H2,1-4H3,(H,21,22). The molecule has 0 aliphatic heterocycles. The van der Waals surface area contributed by atoms with Gasteiger partial charge in [-0.2, -0.15) is 0 Å². The van der Waals surface area contributed by atoms with Gasteiger partial charge in [0.05, 0.1) is 12.2 Å². The van der Waals surface area contributed by atoms with Crippen molar-refractivity contribution in [2.24, 2.45) is 0 Å². The zero-order valence-corrected chi connectivity index (χ0v) is 14.1. The van der Waals surface area contributed by atoms with E-state index in [4.69, 9.17) is 4.74 Å². The number of carbonyl (C=O) groups excluding carboxylic acids is 1. The molecule has 0 aliphatic rings. The van der Waals surface area contributed by atoms with Gasteiger partial charge in [0.25, 0.3) is 0 Å². The first-order chi connectivity index (χ1) is 10.8. The third-order valence-electron chi connectivity index (χ3n) is 3.19. The number of nitrogens with one attached hydrogen (secondary N) is 2. The molecule has 0 spiro atoms. The van der Waals surface area contributed by atoms with Gasteiger partial charge in [-0.25, -0.2) is 0 Å². The SMILES string of the molecule is Cc1ccc(Oc2ccccc2NC(=O)CNC(C)(C)C)cc1. The molecule has 23 heavy (non-hydrogen) atoms. The largest absolute Gasteiger partial charge is 0.455 e. The lowest BCUT2D eigenvalue weighted by Crippen LogP contribution is -2.41. The lowest BCUT2D eigenvalue weighted by molar-refractivity contribution is -0.115. The molecule has 2 N–H and O–H groups in total. The van der Waals surface area contributed by atoms with Gasteiger partial charge in [-0.1, -0.05) is 29.8 Å². The number of aryl methyl sites for hydroxylation is 1. The molecular formula is C19H24N2O2. The first kappa shape index (κ1) is 17.0. The van der Waals surface area contributed by atoms with Crippen LogP contribution in [0.5, 0.6) is 11.5 Å². The number of anilines is 1. The van der Waals surface area contributed by atoms with Gasteiger partial charge in [0.1, 0.15) is 5.75 Å². The summed E-state index contributed by atoms with van der Waals surface area (Å²) in [5.41, 5.74) is 1.73. The van der Waals surface area contributed by atoms with E-state index in [1.165, 1.54) is 5.56 Å². The molecule has 2 aromatic carbocycles. The van der Waals surface area contributed by atoms with E-state index in [-0.39, 0.29) is 18.0 Å². The molecule has 0 aliphatic carbocycles. The maximum Gasteiger partial charge on any atom is 0.238 e. The fraction of sp³-hybridized carbons (Fsp3) is 0.316. The Balaban J connectivity index is 2.05. The van der Waals surface area contributed by atoms with E-state index >= 15 is 0 Å². The summed E-state index contributed by atoms with van der Waals surface area (Å²) in [6.45, 7) is 8.35. The van der Waals surface area contributed by atoms with Crippen LogP contribution in [0.1, 0.15) is 26.3 Å². The lowest BCUT2D eigenvalue weighted by atomic mass is 10.1. The highest BCUT2D eigenvalue weighted by Gasteiger charge is 2.13. The molecule has 0 saturated heterocycles. The third kappa shape index (κ3) is 5.75. The zero-order valence-electron chi connectivity index (χ0n) is 14.1. The summed E-state index contributed by atoms with van der Waals surface area (Å²) in [5, 5.41) is 6.05. The van der Waals surface area contributed by atoms with Crippen LogP contribution in [0.4, 0.5) is 5.69 Å². The van der Waals surface area contributed by atoms with Crippen LogP contribution < -0.4 is 15.4 Å². The summed E-state index contributed by atoms with van der Waals surface area (Å²) >= 11 is 0. The molecule has 0 unspecified atom stereocenters. The van der Waals surface area contributed by atoms with E-state index in [9.17, 15) is 4.79 Å². The zero-order chi connectivity index (χ0) is 16.9. The summed E-state index contributed by atoms with van der Waals surface area (Å²) in [6.07, 6.45) is 0. The maximum absolute atomic E-state index is 12.1. The fourth-order valence-corrected chi connectivity index (χ4v) is 1.93. The Morgan fingerprint density at radius 3 is 2.35 bits per heavy atom. The maximum atomic E-state index is 12.1. The van der Waals surface area contributed by atoms with Gasteiger partial charge in [0.2, 0.25) is 5.91 Å². The second-order valence-corrected chi connectivity index (χ2v) is 6.56. The Morgan fingerprint density at radius 2 is 1.70 bits per heavy atom. The van der Waals surface area contributed by atoms with Gasteiger partial charge in [-0.15, -0.1) is 0 Å². The topological polar surface area (TPSA) is 50.4 Å². The van der Waals surface area contributed by atoms with Crippen LogP contribution in [0.3, 0.4) is 0 Å². The molecular weight excluding hydrogens is 288 g/mol. The number of benzene rings is 2. The molecule has 0 bridgehead atoms. The average Bonchev–Trinajstić information content (AvgIpc) is 2.49. The van der Waals surface area contributed by atoms with Crippen molar-refractivity contribution in [3.05, 3.63) is 54.1 Å². The van der Waals surface area contributed by atoms with E-state index in [1.54, 1.807) is 0 Å². The van der Waals surface area contributed by atoms with Crippen LogP contribution in [0.25, 0.3) is 0 Å². The summed E-state index contributed by atoms with van der Waals surface area (Å²) in [7, 11) is 0. The van der Waals surface area contributed by atoms with E-state index in [2.05, 4.69) is 10.6 Å². The van der Waals surface area contributed by atoms with Crippen molar-refractivity contribution < 1.29 is 9.53 Å². The van der Waals surface area contributed by atoms with Crippen molar-refractivity contribution >= 4 is 11.6 Å². The van der Waals surface area contributed by atoms with E-state index in [0.717, 1.165) is 5.75 Å². The molecule has 0 fully saturated rings. The van der Waals surface area contributed by atoms with Gasteiger partial charge < -0.3 is 15.4 Å². The first-order valence-electron chi connectivity index (χ1n) is 7.72. The molecule has 0 radical (unpaired) electrons. The molecule has 2 rings (SSSR count). The van der Waals surface area contributed by atoms with Gasteiger partial charge in [0, 0.05) is 5.54 Å². The number of hydrogen-bond donors (Lipinski definition) is 2. The van der Waals surface area contributed by atoms with E-state index in [0.29, 0.717) is 11.4 Å². The lowest BCUT2D eigenvalue weighted by Gasteiger charge is -2.20. The molecule has 0 aromatic heterocycles. The van der Waals surface area contributed by atoms with Crippen LogP contribution in [0, 0.1) is 6.92 Å². The summed E-state index contributed by atoms with van der Waals surface area (Å²) in [4.78, 5) is 12.1. The smallest absolute Gasteiger partial charge is 0.238 e. The number of rotatable bonds is 5. The normalized spacial score (nSPS) is 11.1. The average molecular weight is 312 g/mol. The highest BCUT2D eigenvalue weighted by atomic mass is 16.5. The summed E-state index contributed by atoms with van der Waals surface area (Å²) < 4.78 is 5.88. The minimum absolute atomic E-state index is 0.0973. The molecule has 0 saturated carbocycles. The van der Waals surface area contributed by atoms with Crippen molar-refractivity contribution in [1.82, 2.24) is 5.32 Å². The van der Waals surface area contributed by atoms with E-state index in [1.807, 2.05) is 76.2 Å². The number of ether oxygens (including phenoxy) is 1.